The first-order valence-electron chi connectivity index (χ1n) is 10.7. The number of benzene rings is 2. The van der Waals surface area contributed by atoms with Gasteiger partial charge in [-0.3, -0.25) is 19.0 Å². The van der Waals surface area contributed by atoms with E-state index in [0.717, 1.165) is 5.30 Å². The summed E-state index contributed by atoms with van der Waals surface area (Å²) in [5.41, 5.74) is 0.725. The molecule has 0 fully saturated rings. The number of aromatic nitrogens is 1. The summed E-state index contributed by atoms with van der Waals surface area (Å²) in [6.07, 6.45) is 3.43. The number of anilines is 2. The first kappa shape index (κ1) is 28.0. The highest BCUT2D eigenvalue weighted by Gasteiger charge is 2.29. The van der Waals surface area contributed by atoms with E-state index < -0.39 is 17.4 Å². The van der Waals surface area contributed by atoms with Crippen molar-refractivity contribution in [2.24, 2.45) is 4.74 Å². The van der Waals surface area contributed by atoms with Crippen LogP contribution in [0.25, 0.3) is 0 Å². The van der Waals surface area contributed by atoms with Crippen LogP contribution in [0.15, 0.2) is 76.6 Å². The van der Waals surface area contributed by atoms with Crippen molar-refractivity contribution in [2.75, 3.05) is 45.3 Å². The lowest BCUT2D eigenvalue weighted by molar-refractivity contribution is 0.417. The SMILES string of the molecule is COc1ccccc1NS(=O)(=O)c1cc(NC(=S)N=P(c2ccncc2)(N(C)C)N(C)C)ccc1Cl. The largest absolute Gasteiger partial charge is 0.495 e. The van der Waals surface area contributed by atoms with Gasteiger partial charge in [0.15, 0.2) is 5.11 Å². The van der Waals surface area contributed by atoms with Crippen molar-refractivity contribution < 1.29 is 13.2 Å². The van der Waals surface area contributed by atoms with Crippen LogP contribution in [0, 0.1) is 0 Å². The predicted molar refractivity (Wildman–Crippen MR) is 152 cm³/mol. The second kappa shape index (κ2) is 11.7. The summed E-state index contributed by atoms with van der Waals surface area (Å²) in [4.78, 5) is 4.00. The highest BCUT2D eigenvalue weighted by molar-refractivity contribution is 7.92. The van der Waals surface area contributed by atoms with Gasteiger partial charge in [0.1, 0.15) is 18.0 Å². The molecule has 0 aliphatic heterocycles. The molecule has 36 heavy (non-hydrogen) atoms. The topological polar surface area (TPSA) is 99.2 Å². The molecule has 0 aliphatic rings. The van der Waals surface area contributed by atoms with E-state index in [1.807, 2.05) is 49.7 Å². The Morgan fingerprint density at radius 3 is 2.31 bits per heavy atom. The molecule has 2 aromatic carbocycles. The van der Waals surface area contributed by atoms with Crippen LogP contribution in [-0.4, -0.2) is 63.2 Å². The number of nitrogens with one attached hydrogen (secondary N) is 2. The molecule has 2 N–H and O–H groups in total. The van der Waals surface area contributed by atoms with Gasteiger partial charge in [0.2, 0.25) is 0 Å². The smallest absolute Gasteiger partial charge is 0.263 e. The molecule has 0 bridgehead atoms. The summed E-state index contributed by atoms with van der Waals surface area (Å²) in [5.74, 6) is 0.384. The van der Waals surface area contributed by atoms with Crippen LogP contribution in [0.2, 0.25) is 5.02 Å². The average Bonchev–Trinajstić information content (AvgIpc) is 2.84. The van der Waals surface area contributed by atoms with Crippen molar-refractivity contribution in [2.45, 2.75) is 4.90 Å². The number of pyridine rings is 1. The predicted octanol–water partition coefficient (Wildman–Crippen LogP) is 4.72. The molecule has 0 spiro atoms. The fourth-order valence-corrected chi connectivity index (χ4v) is 8.60. The maximum absolute atomic E-state index is 13.2. The molecule has 0 amide bonds. The van der Waals surface area contributed by atoms with E-state index in [2.05, 4.69) is 15.0 Å². The number of hydrogen-bond acceptors (Lipinski definition) is 5. The molecule has 0 saturated heterocycles. The fourth-order valence-electron chi connectivity index (χ4n) is 3.59. The zero-order chi connectivity index (χ0) is 26.5. The lowest BCUT2D eigenvalue weighted by Gasteiger charge is -2.36. The maximum Gasteiger partial charge on any atom is 0.263 e. The summed E-state index contributed by atoms with van der Waals surface area (Å²) in [6, 6.07) is 15.1. The number of halogens is 1. The van der Waals surface area contributed by atoms with Crippen molar-refractivity contribution >= 4 is 63.0 Å². The lowest BCUT2D eigenvalue weighted by atomic mass is 10.3. The molecule has 0 aliphatic carbocycles. The quantitative estimate of drug-likeness (QED) is 0.298. The van der Waals surface area contributed by atoms with Gasteiger partial charge in [-0.2, -0.15) is 0 Å². The van der Waals surface area contributed by atoms with Crippen LogP contribution in [-0.2, 0) is 10.0 Å². The summed E-state index contributed by atoms with van der Waals surface area (Å²) in [7, 11) is 2.78. The molecule has 1 aromatic heterocycles. The summed E-state index contributed by atoms with van der Waals surface area (Å²) in [6.45, 7) is 0. The summed E-state index contributed by atoms with van der Waals surface area (Å²) in [5, 5.41) is 4.28. The molecule has 1 heterocycles. The molecule has 13 heteroatoms. The second-order valence-corrected chi connectivity index (χ2v) is 13.8. The van der Waals surface area contributed by atoms with Gasteiger partial charge < -0.3 is 10.1 Å². The third-order valence-corrected chi connectivity index (χ3v) is 11.1. The number of methoxy groups -OCH3 is 1. The monoisotopic (exact) mass is 566 g/mol. The van der Waals surface area contributed by atoms with Gasteiger partial charge in [-0.25, -0.2) is 13.2 Å². The normalized spacial score (nSPS) is 11.9. The Morgan fingerprint density at radius 1 is 1.06 bits per heavy atom. The Balaban J connectivity index is 1.97. The van der Waals surface area contributed by atoms with Gasteiger partial charge in [0.25, 0.3) is 10.0 Å². The molecule has 9 nitrogen and oxygen atoms in total. The van der Waals surface area contributed by atoms with Crippen molar-refractivity contribution in [3.05, 3.63) is 72.0 Å². The zero-order valence-electron chi connectivity index (χ0n) is 20.5. The molecule has 192 valence electrons. The average molecular weight is 567 g/mol. The van der Waals surface area contributed by atoms with Gasteiger partial charge in [-0.15, -0.1) is 0 Å². The molecular weight excluding hydrogens is 539 g/mol. The van der Waals surface area contributed by atoms with Crippen LogP contribution < -0.4 is 20.1 Å². The van der Waals surface area contributed by atoms with E-state index in [1.54, 1.807) is 42.7 Å². The Labute approximate surface area is 222 Å². The van der Waals surface area contributed by atoms with Crippen molar-refractivity contribution in [3.8, 4) is 5.75 Å². The molecule has 3 rings (SSSR count). The van der Waals surface area contributed by atoms with E-state index in [0.29, 0.717) is 17.1 Å². The van der Waals surface area contributed by atoms with Crippen molar-refractivity contribution in [1.29, 1.82) is 0 Å². The third kappa shape index (κ3) is 6.05. The molecular formula is C23H28ClN6O3PS2. The highest BCUT2D eigenvalue weighted by atomic mass is 35.5. The molecule has 0 unspecified atom stereocenters. The number of rotatable bonds is 8. The van der Waals surface area contributed by atoms with E-state index in [-0.39, 0.29) is 15.0 Å². The Morgan fingerprint density at radius 2 is 1.69 bits per heavy atom. The number of sulfonamides is 1. The van der Waals surface area contributed by atoms with Crippen LogP contribution >= 0.6 is 31.2 Å². The van der Waals surface area contributed by atoms with E-state index in [9.17, 15) is 8.42 Å². The number of ether oxygens (including phenoxy) is 1. The molecule has 0 radical (unpaired) electrons. The van der Waals surface area contributed by atoms with Crippen LogP contribution in [0.4, 0.5) is 11.4 Å². The lowest BCUT2D eigenvalue weighted by Crippen LogP contribution is -2.30. The van der Waals surface area contributed by atoms with E-state index in [1.165, 1.54) is 19.2 Å². The van der Waals surface area contributed by atoms with Gasteiger partial charge >= 0.3 is 0 Å². The van der Waals surface area contributed by atoms with Crippen LogP contribution in [0.5, 0.6) is 5.75 Å². The van der Waals surface area contributed by atoms with Crippen LogP contribution in [0.3, 0.4) is 0 Å². The van der Waals surface area contributed by atoms with Crippen LogP contribution in [0.1, 0.15) is 0 Å². The number of para-hydroxylation sites is 2. The minimum atomic E-state index is -4.03. The molecule has 3 aromatic rings. The summed E-state index contributed by atoms with van der Waals surface area (Å²) >= 11 is 11.9. The van der Waals surface area contributed by atoms with E-state index in [4.69, 9.17) is 33.3 Å². The first-order valence-corrected chi connectivity index (χ1v) is 14.6. The maximum atomic E-state index is 13.2. The van der Waals surface area contributed by atoms with E-state index >= 15 is 0 Å². The summed E-state index contributed by atoms with van der Waals surface area (Å²) < 4.78 is 43.1. The Kier molecular flexibility index (Phi) is 9.10. The Bertz CT molecular complexity index is 1390. The Hall–Kier alpha value is -2.53. The minimum absolute atomic E-state index is 0.0611. The zero-order valence-corrected chi connectivity index (χ0v) is 23.8. The first-order chi connectivity index (χ1) is 17.0. The third-order valence-electron chi connectivity index (χ3n) is 5.18. The second-order valence-electron chi connectivity index (χ2n) is 7.95. The molecule has 0 saturated carbocycles. The minimum Gasteiger partial charge on any atom is -0.495 e. The number of nitrogens with zero attached hydrogens (tertiary/aromatic N) is 4. The molecule has 0 atom stereocenters. The van der Waals surface area contributed by atoms with Gasteiger partial charge in [-0.1, -0.05) is 23.7 Å². The number of thiocarbonyl (C=S) groups is 1. The fraction of sp³-hybridized carbons (Fsp3) is 0.217. The van der Waals surface area contributed by atoms with Gasteiger partial charge in [0.05, 0.1) is 17.8 Å². The van der Waals surface area contributed by atoms with Gasteiger partial charge in [-0.05, 0) is 82.9 Å². The van der Waals surface area contributed by atoms with Crippen molar-refractivity contribution in [1.82, 2.24) is 14.3 Å². The highest BCUT2D eigenvalue weighted by Crippen LogP contribution is 2.52. The standard InChI is InChI=1S/C23H28ClN6O3PS2/c1-29(2)34(30(3)4,18-12-14-25-15-13-18)27-23(35)26-17-10-11-19(24)22(16-17)36(31,32)28-20-8-6-7-9-21(20)33-5/h6-16,28H,1-5H3,(H,26,35). The number of hydrogen-bond donors (Lipinski definition) is 2. The van der Waals surface area contributed by atoms with Gasteiger partial charge in [0, 0.05) is 23.4 Å². The van der Waals surface area contributed by atoms with Crippen molar-refractivity contribution in [3.63, 3.8) is 0 Å².